The number of hydrogen-bond acceptors (Lipinski definition) is 35. The first-order valence-electron chi connectivity index (χ1n) is 46.5. The summed E-state index contributed by atoms with van der Waals surface area (Å²) in [6, 6.07) is 0.467. The average molecular weight is 2420 g/mol. The van der Waals surface area contributed by atoms with Gasteiger partial charge in [0, 0.05) is 129 Å². The van der Waals surface area contributed by atoms with E-state index in [1.54, 1.807) is 0 Å². The Morgan fingerprint density at radius 1 is 0.302 bits per heavy atom. The molecule has 5 saturated carbocycles. The van der Waals surface area contributed by atoms with Gasteiger partial charge in [-0.1, -0.05) is 162 Å². The summed E-state index contributed by atoms with van der Waals surface area (Å²) < 4.78 is 239. The fraction of sp³-hybridized carbons (Fsp3) is 0.687. The summed E-state index contributed by atoms with van der Waals surface area (Å²) in [7, 11) is -75.1. The van der Waals surface area contributed by atoms with Crippen LogP contribution >= 0.6 is 116 Å². The van der Waals surface area contributed by atoms with E-state index in [-0.39, 0.29) is 122 Å². The molecule has 66 heteroatoms. The van der Waals surface area contributed by atoms with Gasteiger partial charge in [0.1, 0.15) is 0 Å². The molecule has 5 aliphatic heterocycles. The third kappa shape index (κ3) is 41.1. The second-order valence-corrected chi connectivity index (χ2v) is 66.2. The van der Waals surface area contributed by atoms with Crippen molar-refractivity contribution in [1.29, 1.82) is 0 Å². The third-order valence-corrected chi connectivity index (χ3v) is 49.6. The molecule has 51 nitrogen and oxygen atoms in total. The predicted octanol–water partition coefficient (Wildman–Crippen LogP) is 21.3. The van der Waals surface area contributed by atoms with Crippen molar-refractivity contribution in [2.45, 2.75) is 219 Å². The highest BCUT2D eigenvalue weighted by Crippen LogP contribution is 2.73. The van der Waals surface area contributed by atoms with Gasteiger partial charge in [-0.25, -0.2) is 67.5 Å². The lowest BCUT2D eigenvalue weighted by Crippen LogP contribution is -2.34. The van der Waals surface area contributed by atoms with Gasteiger partial charge in [0.25, 0.3) is 0 Å². The number of phosphoric ester groups is 5. The highest BCUT2D eigenvalue weighted by atomic mass is 31.3. The van der Waals surface area contributed by atoms with Gasteiger partial charge >= 0.3 is 116 Å². The van der Waals surface area contributed by atoms with Crippen LogP contribution in [0.15, 0.2) is 158 Å². The van der Waals surface area contributed by atoms with E-state index < -0.39 is 144 Å². The molecule has 16 N–H and O–H groups in total. The Morgan fingerprint density at radius 3 is 0.779 bits per heavy atom. The Labute approximate surface area is 871 Å². The Morgan fingerprint density at radius 2 is 0.537 bits per heavy atom. The minimum Gasteiger partial charge on any atom is -0.349 e. The molecule has 0 bridgehead atoms. The quantitative estimate of drug-likeness (QED) is 0.0253. The van der Waals surface area contributed by atoms with Crippen LogP contribution in [0.5, 0.6) is 0 Å². The summed E-state index contributed by atoms with van der Waals surface area (Å²) in [5.41, 5.74) is 6.23. The minimum atomic E-state index is -5.53. The van der Waals surface area contributed by atoms with Crippen LogP contribution in [0.4, 0.5) is 0 Å². The lowest BCUT2D eigenvalue weighted by atomic mass is 9.79. The summed E-state index contributed by atoms with van der Waals surface area (Å²) in [5, 5.41) is 0. The Hall–Kier alpha value is -2.17. The number of allylic oxidation sites excluding steroid dienone is 11. The molecule has 0 saturated heterocycles. The zero-order valence-electron chi connectivity index (χ0n) is 87.0. The minimum absolute atomic E-state index is 0.0288. The molecule has 858 valence electrons. The van der Waals surface area contributed by atoms with Gasteiger partial charge < -0.3 is 103 Å². The van der Waals surface area contributed by atoms with Crippen molar-refractivity contribution in [1.82, 2.24) is 24.5 Å². The first-order chi connectivity index (χ1) is 66.8. The SMILES string of the molecule is C=C1C=C(C)C=CN1C1CC(C)(COP(=O)(O)OP(=O)(O)OP(C)(=O)O)C(C)C1C.C=C1C=CN(C2CC(C)(COP(=O)(O)OP(=O)(O)OP(=O)(O)O)C(C)C2C)C(=C)C1.C=C1C=CN(C2CC(C)(COP(=O)(O)OP(=O)(O)OP(C)(=O)O)C(C)C2C)C(=C)C1.C=C1CCC(C)=CN1C1CC(C)(COP(=O)(O)OP(=O)(O)OP(C)(=O)O)C(C)C1C.C=C1CCC=CN1C1CC(C)(COP(=O)(O)OP(=O)(O)OP(C)(=O)O)C(C)C1C. The normalized spacial score (nSPS) is 35.5. The van der Waals surface area contributed by atoms with Crippen LogP contribution < -0.4 is 0 Å². The topological polar surface area (TPSA) is 734 Å². The van der Waals surface area contributed by atoms with Crippen LogP contribution in [0.1, 0.15) is 188 Å². The summed E-state index contributed by atoms with van der Waals surface area (Å²) >= 11 is 0. The summed E-state index contributed by atoms with van der Waals surface area (Å²) in [6.07, 6.45) is 27.9. The molecule has 10 aliphatic rings. The van der Waals surface area contributed by atoms with Crippen molar-refractivity contribution in [3.05, 3.63) is 158 Å². The van der Waals surface area contributed by atoms with Crippen LogP contribution in [-0.2, 0) is 134 Å². The molecular weight excluding hydrogens is 2270 g/mol. The molecule has 149 heavy (non-hydrogen) atoms. The molecule has 0 spiro atoms. The van der Waals surface area contributed by atoms with Crippen LogP contribution in [0.25, 0.3) is 0 Å². The second-order valence-electron chi connectivity index (χ2n) is 41.6. The standard InChI is InChI=1S/C17H32NO9P3.2C17H30NO9P3.C16H28NO10P3.C16H30NO9P3/c1-12-7-8-13(2)18(10-12)16-9-17(5,15(4)14(16)3)11-25-29(21,22)27-30(23,24)26-28(6,19)20;2*1-12-7-8-18(13(2)9-12)16-10-17(5,15(4)14(16)3)11-25-29(21,22)27-30(23,24)26-28(6,19)20;1-11-6-7-17(12(2)8-11)15-9-16(5,14(4)13(15)3)10-25-29(21,22)27-30(23,24)26-28(18,19)20;1-12-8-6-7-9-17(12)15-10-16(4,14(3)13(15)2)11-24-28(20,21)26-29(22,23)25-27(5,18)19/h10,14-16H,2,7-9,11H2,1,3-6H3,(H,19,20)(H,21,22)(H,23,24);7-9,14-16H,2,10-11H2,1,3-6H3,(H,19,20)(H,21,22)(H,23,24);7-8,14-16H,1-2,9-11H2,3-6H3,(H,19,20)(H,21,22)(H,23,24);6-7,13-15H,1-2,8-10H2,3-5H3,(H,21,22)(H,23,24)(H2,18,19,20);7,9,13-15H,1,6,8,10-11H2,2-5H3,(H,18,19)(H,20,21)(H,22,23). The molecule has 10 rings (SSSR count). The molecular formula is C83H150N5O46P15. The van der Waals surface area contributed by atoms with Gasteiger partial charge in [0.15, 0.2) is 0 Å². The Balaban J connectivity index is 0.000000284. The van der Waals surface area contributed by atoms with E-state index in [4.69, 9.17) is 52.0 Å². The predicted molar refractivity (Wildman–Crippen MR) is 553 cm³/mol. The molecule has 34 atom stereocenters. The molecule has 0 aromatic rings. The van der Waals surface area contributed by atoms with Gasteiger partial charge in [-0.3, -0.25) is 40.9 Å². The molecule has 0 aromatic heterocycles. The van der Waals surface area contributed by atoms with Crippen molar-refractivity contribution in [3.63, 3.8) is 0 Å². The van der Waals surface area contributed by atoms with E-state index >= 15 is 0 Å². The van der Waals surface area contributed by atoms with E-state index in [1.165, 1.54) is 5.57 Å². The lowest BCUT2D eigenvalue weighted by molar-refractivity contribution is 0.0836. The summed E-state index contributed by atoms with van der Waals surface area (Å²) in [6.45, 7) is 63.8. The summed E-state index contributed by atoms with van der Waals surface area (Å²) in [4.78, 5) is 160. The van der Waals surface area contributed by atoms with Gasteiger partial charge in [-0.2, -0.15) is 25.9 Å². The third-order valence-electron chi connectivity index (χ3n) is 29.2. The highest BCUT2D eigenvalue weighted by Gasteiger charge is 2.58. The Bertz CT molecular complexity index is 5800. The van der Waals surface area contributed by atoms with E-state index in [0.29, 0.717) is 71.6 Å². The number of phosphoric acid groups is 11. The number of nitrogens with zero attached hydrogens (tertiary/aromatic N) is 5. The molecule has 0 radical (unpaired) electrons. The molecule has 5 fully saturated rings. The van der Waals surface area contributed by atoms with Crippen LogP contribution in [0.2, 0.25) is 0 Å². The zero-order chi connectivity index (χ0) is 115. The van der Waals surface area contributed by atoms with Gasteiger partial charge in [-0.15, -0.1) is 0 Å². The van der Waals surface area contributed by atoms with E-state index in [1.807, 2.05) is 125 Å². The first kappa shape index (κ1) is 135. The van der Waals surface area contributed by atoms with Gasteiger partial charge in [0.2, 0.25) is 0 Å². The smallest absolute Gasteiger partial charge is 0.349 e. The maximum atomic E-state index is 12.2. The fourth-order valence-corrected chi connectivity index (χ4v) is 37.6. The van der Waals surface area contributed by atoms with Crippen molar-refractivity contribution >= 4 is 116 Å². The van der Waals surface area contributed by atoms with Crippen molar-refractivity contribution in [3.8, 4) is 0 Å². The molecule has 0 amide bonds. The molecule has 34 unspecified atom stereocenters. The Kier molecular flexibility index (Phi) is 46.0. The maximum Gasteiger partial charge on any atom is 0.490 e. The molecule has 0 aromatic carbocycles. The van der Waals surface area contributed by atoms with Crippen molar-refractivity contribution in [2.24, 2.45) is 86.3 Å². The average Bonchev–Trinajstić information content (AvgIpc) is 1.63. The van der Waals surface area contributed by atoms with Crippen molar-refractivity contribution < 1.29 is 212 Å². The highest BCUT2D eigenvalue weighted by molar-refractivity contribution is 7.70. The van der Waals surface area contributed by atoms with E-state index in [9.17, 15) is 117 Å². The molecule has 5 heterocycles. The van der Waals surface area contributed by atoms with Gasteiger partial charge in [0.05, 0.1) is 33.0 Å². The summed E-state index contributed by atoms with van der Waals surface area (Å²) in [5.74, 6) is 1.36. The van der Waals surface area contributed by atoms with Crippen LogP contribution in [0, 0.1) is 86.3 Å². The van der Waals surface area contributed by atoms with Crippen molar-refractivity contribution in [2.75, 3.05) is 59.7 Å². The lowest BCUT2D eigenvalue weighted by Gasteiger charge is -2.36. The number of hydrogen-bond donors (Lipinski definition) is 16. The second kappa shape index (κ2) is 50.6. The molecule has 5 aliphatic carbocycles. The zero-order valence-corrected chi connectivity index (χ0v) is 100. The number of rotatable bonds is 40. The fourth-order valence-electron chi connectivity index (χ4n) is 20.0. The van der Waals surface area contributed by atoms with Crippen LogP contribution in [-0.4, -0.2) is 193 Å². The largest absolute Gasteiger partial charge is 0.490 e. The monoisotopic (exact) mass is 2420 g/mol. The van der Waals surface area contributed by atoms with Gasteiger partial charge in [-0.05, 0) is 199 Å². The van der Waals surface area contributed by atoms with E-state index in [0.717, 1.165) is 70.9 Å². The van der Waals surface area contributed by atoms with Crippen LogP contribution in [0.3, 0.4) is 0 Å². The van der Waals surface area contributed by atoms with E-state index in [2.05, 4.69) is 167 Å². The maximum absolute atomic E-state index is 12.2. The first-order valence-corrected chi connectivity index (χ1v) is 71.1.